The first-order valence-corrected chi connectivity index (χ1v) is 6.91. The average molecular weight is 289 g/mol. The standard InChI is InChI=1S/C14H12FN3OS/c1-8(19)14-18-11(13-16-6-7-17-13)12(20-14)9-2-4-10(15)5-3-9/h2-8,19H,1H3,(H,16,17). The Morgan fingerprint density at radius 3 is 2.65 bits per heavy atom. The van der Waals surface area contributed by atoms with Crippen LogP contribution in [0, 0.1) is 5.82 Å². The van der Waals surface area contributed by atoms with Gasteiger partial charge in [-0.15, -0.1) is 11.3 Å². The molecule has 20 heavy (non-hydrogen) atoms. The molecule has 0 radical (unpaired) electrons. The van der Waals surface area contributed by atoms with Gasteiger partial charge in [0.2, 0.25) is 0 Å². The summed E-state index contributed by atoms with van der Waals surface area (Å²) >= 11 is 1.38. The number of aromatic nitrogens is 3. The van der Waals surface area contributed by atoms with Gasteiger partial charge < -0.3 is 10.1 Å². The van der Waals surface area contributed by atoms with Crippen molar-refractivity contribution in [3.8, 4) is 22.0 Å². The highest BCUT2D eigenvalue weighted by molar-refractivity contribution is 7.15. The van der Waals surface area contributed by atoms with Gasteiger partial charge in [-0.25, -0.2) is 14.4 Å². The zero-order valence-corrected chi connectivity index (χ0v) is 11.5. The maximum absolute atomic E-state index is 13.0. The molecule has 1 aromatic carbocycles. The van der Waals surface area contributed by atoms with Crippen LogP contribution in [0.4, 0.5) is 4.39 Å². The van der Waals surface area contributed by atoms with Crippen molar-refractivity contribution in [2.24, 2.45) is 0 Å². The van der Waals surface area contributed by atoms with E-state index in [1.54, 1.807) is 31.5 Å². The van der Waals surface area contributed by atoms with Gasteiger partial charge in [0, 0.05) is 12.4 Å². The average Bonchev–Trinajstić information content (AvgIpc) is 3.08. The number of thiazole rings is 1. The van der Waals surface area contributed by atoms with Crippen molar-refractivity contribution in [1.29, 1.82) is 0 Å². The summed E-state index contributed by atoms with van der Waals surface area (Å²) in [6.07, 6.45) is 2.71. The molecule has 1 unspecified atom stereocenters. The third-order valence-corrected chi connectivity index (χ3v) is 4.10. The molecule has 0 saturated heterocycles. The summed E-state index contributed by atoms with van der Waals surface area (Å²) in [6, 6.07) is 6.20. The van der Waals surface area contributed by atoms with Gasteiger partial charge in [-0.1, -0.05) is 12.1 Å². The van der Waals surface area contributed by atoms with E-state index in [1.165, 1.54) is 23.5 Å². The molecule has 0 spiro atoms. The molecule has 0 amide bonds. The van der Waals surface area contributed by atoms with Crippen LogP contribution in [0.5, 0.6) is 0 Å². The Hall–Kier alpha value is -2.05. The van der Waals surface area contributed by atoms with Crippen molar-refractivity contribution >= 4 is 11.3 Å². The van der Waals surface area contributed by atoms with Gasteiger partial charge in [-0.2, -0.15) is 0 Å². The lowest BCUT2D eigenvalue weighted by molar-refractivity contribution is 0.199. The Balaban J connectivity index is 2.15. The van der Waals surface area contributed by atoms with Gasteiger partial charge in [0.1, 0.15) is 22.6 Å². The van der Waals surface area contributed by atoms with Crippen LogP contribution in [-0.2, 0) is 0 Å². The van der Waals surface area contributed by atoms with Gasteiger partial charge in [-0.05, 0) is 24.6 Å². The minimum absolute atomic E-state index is 0.284. The van der Waals surface area contributed by atoms with Gasteiger partial charge in [0.15, 0.2) is 5.82 Å². The summed E-state index contributed by atoms with van der Waals surface area (Å²) in [5.74, 6) is 0.348. The van der Waals surface area contributed by atoms with Crippen LogP contribution in [0.15, 0.2) is 36.7 Å². The molecule has 0 bridgehead atoms. The van der Waals surface area contributed by atoms with Crippen molar-refractivity contribution < 1.29 is 9.50 Å². The first kappa shape index (κ1) is 13.0. The first-order valence-electron chi connectivity index (χ1n) is 6.09. The topological polar surface area (TPSA) is 61.8 Å². The quantitative estimate of drug-likeness (QED) is 0.777. The molecule has 4 nitrogen and oxygen atoms in total. The second-order valence-electron chi connectivity index (χ2n) is 4.35. The zero-order chi connectivity index (χ0) is 14.1. The number of halogens is 1. The number of aliphatic hydroxyl groups is 1. The Bertz CT molecular complexity index is 705. The van der Waals surface area contributed by atoms with E-state index in [0.717, 1.165) is 10.4 Å². The minimum atomic E-state index is -0.650. The molecule has 1 atom stereocenters. The minimum Gasteiger partial charge on any atom is -0.386 e. The summed E-state index contributed by atoms with van der Waals surface area (Å²) in [5.41, 5.74) is 1.52. The van der Waals surface area contributed by atoms with E-state index < -0.39 is 6.10 Å². The molecule has 0 aliphatic carbocycles. The predicted octanol–water partition coefficient (Wildman–Crippen LogP) is 3.39. The predicted molar refractivity (Wildman–Crippen MR) is 75.7 cm³/mol. The molecule has 0 aliphatic heterocycles. The van der Waals surface area contributed by atoms with Crippen LogP contribution in [0.3, 0.4) is 0 Å². The molecule has 6 heteroatoms. The van der Waals surface area contributed by atoms with Gasteiger partial charge in [0.25, 0.3) is 0 Å². The van der Waals surface area contributed by atoms with Crippen molar-refractivity contribution in [3.05, 3.63) is 47.5 Å². The van der Waals surface area contributed by atoms with Crippen LogP contribution >= 0.6 is 11.3 Å². The maximum atomic E-state index is 13.0. The summed E-state index contributed by atoms with van der Waals surface area (Å²) in [5, 5.41) is 10.3. The molecule has 3 aromatic rings. The van der Waals surface area contributed by atoms with Crippen LogP contribution in [-0.4, -0.2) is 20.1 Å². The van der Waals surface area contributed by atoms with E-state index in [0.29, 0.717) is 16.5 Å². The van der Waals surface area contributed by atoms with E-state index in [-0.39, 0.29) is 5.82 Å². The van der Waals surface area contributed by atoms with E-state index in [9.17, 15) is 9.50 Å². The van der Waals surface area contributed by atoms with Crippen molar-refractivity contribution in [3.63, 3.8) is 0 Å². The highest BCUT2D eigenvalue weighted by Crippen LogP contribution is 2.37. The smallest absolute Gasteiger partial charge is 0.157 e. The Morgan fingerprint density at radius 1 is 1.30 bits per heavy atom. The number of aliphatic hydroxyl groups excluding tert-OH is 1. The van der Waals surface area contributed by atoms with Crippen molar-refractivity contribution in [2.75, 3.05) is 0 Å². The van der Waals surface area contributed by atoms with Crippen LogP contribution in [0.1, 0.15) is 18.0 Å². The molecule has 2 aromatic heterocycles. The van der Waals surface area contributed by atoms with E-state index in [4.69, 9.17) is 0 Å². The monoisotopic (exact) mass is 289 g/mol. The number of nitrogens with one attached hydrogen (secondary N) is 1. The molecule has 0 fully saturated rings. The largest absolute Gasteiger partial charge is 0.386 e. The van der Waals surface area contributed by atoms with Gasteiger partial charge >= 0.3 is 0 Å². The molecular formula is C14H12FN3OS. The number of hydrogen-bond acceptors (Lipinski definition) is 4. The zero-order valence-electron chi connectivity index (χ0n) is 10.7. The molecule has 102 valence electrons. The normalized spacial score (nSPS) is 12.6. The number of rotatable bonds is 3. The number of imidazole rings is 1. The second-order valence-corrected chi connectivity index (χ2v) is 5.38. The Labute approximate surface area is 119 Å². The molecular weight excluding hydrogens is 277 g/mol. The summed E-state index contributed by atoms with van der Waals surface area (Å²) < 4.78 is 13.0. The molecule has 2 heterocycles. The lowest BCUT2D eigenvalue weighted by Crippen LogP contribution is -1.90. The number of benzene rings is 1. The molecule has 3 rings (SSSR count). The third-order valence-electron chi connectivity index (χ3n) is 2.83. The number of H-pyrrole nitrogens is 1. The fourth-order valence-electron chi connectivity index (χ4n) is 1.87. The third kappa shape index (κ3) is 2.35. The molecule has 2 N–H and O–H groups in total. The molecule has 0 saturated carbocycles. The maximum Gasteiger partial charge on any atom is 0.157 e. The SMILES string of the molecule is CC(O)c1nc(-c2ncc[nH]2)c(-c2ccc(F)cc2)s1. The number of hydrogen-bond donors (Lipinski definition) is 2. The van der Waals surface area contributed by atoms with Gasteiger partial charge in [0.05, 0.1) is 4.88 Å². The highest BCUT2D eigenvalue weighted by atomic mass is 32.1. The summed E-state index contributed by atoms with van der Waals surface area (Å²) in [4.78, 5) is 12.5. The first-order chi connectivity index (χ1) is 9.65. The lowest BCUT2D eigenvalue weighted by Gasteiger charge is -2.00. The lowest BCUT2D eigenvalue weighted by atomic mass is 10.1. The van der Waals surface area contributed by atoms with Gasteiger partial charge in [-0.3, -0.25) is 0 Å². The fourth-order valence-corrected chi connectivity index (χ4v) is 2.88. The number of aromatic amines is 1. The van der Waals surface area contributed by atoms with Crippen LogP contribution in [0.25, 0.3) is 22.0 Å². The van der Waals surface area contributed by atoms with E-state index in [1.807, 2.05) is 0 Å². The summed E-state index contributed by atoms with van der Waals surface area (Å²) in [6.45, 7) is 1.67. The van der Waals surface area contributed by atoms with E-state index >= 15 is 0 Å². The molecule has 0 aliphatic rings. The van der Waals surface area contributed by atoms with Crippen LogP contribution < -0.4 is 0 Å². The Kier molecular flexibility index (Phi) is 3.33. The van der Waals surface area contributed by atoms with Crippen molar-refractivity contribution in [2.45, 2.75) is 13.0 Å². The van der Waals surface area contributed by atoms with E-state index in [2.05, 4.69) is 15.0 Å². The number of nitrogens with zero attached hydrogens (tertiary/aromatic N) is 2. The fraction of sp³-hybridized carbons (Fsp3) is 0.143. The highest BCUT2D eigenvalue weighted by Gasteiger charge is 2.18. The second kappa shape index (κ2) is 5.15. The summed E-state index contributed by atoms with van der Waals surface area (Å²) in [7, 11) is 0. The van der Waals surface area contributed by atoms with Crippen molar-refractivity contribution in [1.82, 2.24) is 15.0 Å². The van der Waals surface area contributed by atoms with Crippen LogP contribution in [0.2, 0.25) is 0 Å². The Morgan fingerprint density at radius 2 is 2.05 bits per heavy atom.